The number of fused-ring (bicyclic) bond motifs is 1. The van der Waals surface area contributed by atoms with E-state index in [2.05, 4.69) is 18.4 Å². The molecule has 32 heavy (non-hydrogen) atoms. The second kappa shape index (κ2) is 11.6. The minimum absolute atomic E-state index is 0.0344. The van der Waals surface area contributed by atoms with Crippen molar-refractivity contribution in [1.82, 2.24) is 9.80 Å². The summed E-state index contributed by atoms with van der Waals surface area (Å²) in [6, 6.07) is 8.20. The number of carbonyl (C=O) groups is 2. The van der Waals surface area contributed by atoms with E-state index >= 15 is 0 Å². The van der Waals surface area contributed by atoms with Crippen LogP contribution in [0, 0.1) is 5.82 Å². The highest BCUT2D eigenvalue weighted by Crippen LogP contribution is 2.38. The Morgan fingerprint density at radius 3 is 2.53 bits per heavy atom. The van der Waals surface area contributed by atoms with Gasteiger partial charge in [0.05, 0.1) is 6.04 Å². The van der Waals surface area contributed by atoms with Crippen molar-refractivity contribution in [3.8, 4) is 0 Å². The second-order valence-corrected chi connectivity index (χ2v) is 9.87. The minimum Gasteiger partial charge on any atom is -0.331 e. The summed E-state index contributed by atoms with van der Waals surface area (Å²) in [5.74, 6) is -0.288. The van der Waals surface area contributed by atoms with E-state index in [1.165, 1.54) is 29.9 Å². The normalized spacial score (nSPS) is 15.7. The van der Waals surface area contributed by atoms with E-state index in [9.17, 15) is 14.0 Å². The second-order valence-electron chi connectivity index (χ2n) is 8.87. The molecule has 2 heterocycles. The van der Waals surface area contributed by atoms with Gasteiger partial charge in [-0.15, -0.1) is 11.3 Å². The van der Waals surface area contributed by atoms with Crippen LogP contribution in [-0.2, 0) is 16.0 Å². The van der Waals surface area contributed by atoms with Crippen LogP contribution in [0.5, 0.6) is 0 Å². The molecule has 0 N–H and O–H groups in total. The number of rotatable bonds is 10. The molecule has 1 aliphatic rings. The summed E-state index contributed by atoms with van der Waals surface area (Å²) in [6.07, 6.45) is 6.76. The third-order valence-electron chi connectivity index (χ3n) is 6.22. The first-order valence-electron chi connectivity index (χ1n) is 11.8. The average molecular weight is 459 g/mol. The van der Waals surface area contributed by atoms with E-state index in [0.717, 1.165) is 36.8 Å². The number of nitrogens with zero attached hydrogens (tertiary/aromatic N) is 2. The maximum Gasteiger partial charge on any atom is 0.243 e. The van der Waals surface area contributed by atoms with Gasteiger partial charge in [0.25, 0.3) is 0 Å². The molecule has 4 nitrogen and oxygen atoms in total. The molecule has 2 amide bonds. The van der Waals surface area contributed by atoms with Gasteiger partial charge in [-0.2, -0.15) is 0 Å². The Morgan fingerprint density at radius 1 is 1.12 bits per heavy atom. The van der Waals surface area contributed by atoms with E-state index in [1.807, 2.05) is 18.7 Å². The van der Waals surface area contributed by atoms with E-state index in [4.69, 9.17) is 0 Å². The van der Waals surface area contributed by atoms with Gasteiger partial charge in [0.2, 0.25) is 11.8 Å². The van der Waals surface area contributed by atoms with Crippen LogP contribution < -0.4 is 0 Å². The quantitative estimate of drug-likeness (QED) is 0.412. The van der Waals surface area contributed by atoms with Crippen molar-refractivity contribution in [3.05, 3.63) is 57.5 Å². The smallest absolute Gasteiger partial charge is 0.243 e. The fraction of sp³-hybridized carbons (Fsp3) is 0.538. The maximum atomic E-state index is 13.5. The SMILES string of the molecule is CCCCCCCC(=O)N(CC(=O)N1CCc2sccc2C1c1ccc(F)cc1)C(C)C. The summed E-state index contributed by atoms with van der Waals surface area (Å²) in [5.41, 5.74) is 2.01. The molecule has 0 bridgehead atoms. The number of unbranched alkanes of at least 4 members (excludes halogenated alkanes) is 4. The summed E-state index contributed by atoms with van der Waals surface area (Å²) < 4.78 is 13.5. The van der Waals surface area contributed by atoms with Crippen LogP contribution in [0.25, 0.3) is 0 Å². The average Bonchev–Trinajstić information content (AvgIpc) is 3.25. The Hall–Kier alpha value is -2.21. The first-order chi connectivity index (χ1) is 15.4. The van der Waals surface area contributed by atoms with Gasteiger partial charge in [-0.1, -0.05) is 44.7 Å². The van der Waals surface area contributed by atoms with Crippen molar-refractivity contribution in [2.24, 2.45) is 0 Å². The van der Waals surface area contributed by atoms with Gasteiger partial charge in [0, 0.05) is 23.9 Å². The van der Waals surface area contributed by atoms with Crippen LogP contribution in [0.3, 0.4) is 0 Å². The van der Waals surface area contributed by atoms with Gasteiger partial charge in [-0.3, -0.25) is 9.59 Å². The van der Waals surface area contributed by atoms with Gasteiger partial charge < -0.3 is 9.80 Å². The monoisotopic (exact) mass is 458 g/mol. The number of amides is 2. The van der Waals surface area contributed by atoms with Crippen molar-refractivity contribution in [3.63, 3.8) is 0 Å². The Bertz CT molecular complexity index is 893. The third-order valence-corrected chi connectivity index (χ3v) is 7.21. The zero-order valence-corrected chi connectivity index (χ0v) is 20.3. The van der Waals surface area contributed by atoms with Crippen molar-refractivity contribution in [2.75, 3.05) is 13.1 Å². The lowest BCUT2D eigenvalue weighted by molar-refractivity contribution is -0.143. The van der Waals surface area contributed by atoms with Gasteiger partial charge in [-0.05, 0) is 61.4 Å². The number of benzene rings is 1. The van der Waals surface area contributed by atoms with E-state index in [0.29, 0.717) is 13.0 Å². The highest BCUT2D eigenvalue weighted by atomic mass is 32.1. The minimum atomic E-state index is -0.288. The number of hydrogen-bond acceptors (Lipinski definition) is 3. The molecule has 0 aliphatic carbocycles. The summed E-state index contributed by atoms with van der Waals surface area (Å²) in [6.45, 7) is 6.80. The van der Waals surface area contributed by atoms with Gasteiger partial charge in [-0.25, -0.2) is 4.39 Å². The van der Waals surface area contributed by atoms with Crippen molar-refractivity contribution < 1.29 is 14.0 Å². The fourth-order valence-electron chi connectivity index (χ4n) is 4.41. The van der Waals surface area contributed by atoms with Gasteiger partial charge >= 0.3 is 0 Å². The molecule has 0 radical (unpaired) electrons. The molecule has 0 spiro atoms. The Kier molecular flexibility index (Phi) is 8.85. The summed E-state index contributed by atoms with van der Waals surface area (Å²) in [7, 11) is 0. The topological polar surface area (TPSA) is 40.6 Å². The molecule has 6 heteroatoms. The standard InChI is InChI=1S/C26H35FN2O2S/c1-4-5-6-7-8-9-24(30)29(19(2)3)18-25(31)28-16-14-23-22(15-17-32-23)26(28)20-10-12-21(27)13-11-20/h10-13,15,17,19,26H,4-9,14,16,18H2,1-3H3. The molecule has 1 atom stereocenters. The molecular weight excluding hydrogens is 423 g/mol. The van der Waals surface area contributed by atoms with E-state index in [-0.39, 0.29) is 36.3 Å². The predicted molar refractivity (Wildman–Crippen MR) is 128 cm³/mol. The molecule has 1 unspecified atom stereocenters. The van der Waals surface area contributed by atoms with Crippen LogP contribution in [0.15, 0.2) is 35.7 Å². The number of thiophene rings is 1. The summed E-state index contributed by atoms with van der Waals surface area (Å²) in [5, 5.41) is 2.05. The zero-order chi connectivity index (χ0) is 23.1. The number of carbonyl (C=O) groups excluding carboxylic acids is 2. The van der Waals surface area contributed by atoms with Crippen LogP contribution in [0.1, 0.15) is 81.3 Å². The molecule has 0 saturated carbocycles. The highest BCUT2D eigenvalue weighted by molar-refractivity contribution is 7.10. The molecule has 174 valence electrons. The lowest BCUT2D eigenvalue weighted by atomic mass is 9.93. The summed E-state index contributed by atoms with van der Waals surface area (Å²) >= 11 is 1.70. The lowest BCUT2D eigenvalue weighted by Crippen LogP contribution is -2.48. The van der Waals surface area contributed by atoms with Crippen LogP contribution >= 0.6 is 11.3 Å². The fourth-order valence-corrected chi connectivity index (χ4v) is 5.31. The summed E-state index contributed by atoms with van der Waals surface area (Å²) in [4.78, 5) is 31.2. The Balaban J connectivity index is 1.73. The number of halogens is 1. The molecule has 1 aromatic carbocycles. The van der Waals surface area contributed by atoms with Crippen molar-refractivity contribution in [1.29, 1.82) is 0 Å². The van der Waals surface area contributed by atoms with Crippen LogP contribution in [0.2, 0.25) is 0 Å². The molecule has 1 aliphatic heterocycles. The maximum absolute atomic E-state index is 13.5. The van der Waals surface area contributed by atoms with E-state index < -0.39 is 0 Å². The largest absolute Gasteiger partial charge is 0.331 e. The zero-order valence-electron chi connectivity index (χ0n) is 19.5. The van der Waals surface area contributed by atoms with Gasteiger partial charge in [0.1, 0.15) is 12.4 Å². The molecule has 2 aromatic rings. The van der Waals surface area contributed by atoms with E-state index in [1.54, 1.807) is 28.4 Å². The van der Waals surface area contributed by atoms with Crippen LogP contribution in [-0.4, -0.2) is 40.7 Å². The third kappa shape index (κ3) is 5.97. The van der Waals surface area contributed by atoms with Crippen molar-refractivity contribution in [2.45, 2.75) is 77.8 Å². The highest BCUT2D eigenvalue weighted by Gasteiger charge is 2.34. The first-order valence-corrected chi connectivity index (χ1v) is 12.7. The predicted octanol–water partition coefficient (Wildman–Crippen LogP) is 5.96. The molecule has 3 rings (SSSR count). The van der Waals surface area contributed by atoms with Gasteiger partial charge in [0.15, 0.2) is 0 Å². The molecular formula is C26H35FN2O2S. The molecule has 0 saturated heterocycles. The van der Waals surface area contributed by atoms with Crippen molar-refractivity contribution >= 4 is 23.2 Å². The molecule has 1 aromatic heterocycles. The molecule has 0 fully saturated rings. The number of hydrogen-bond donors (Lipinski definition) is 0. The Morgan fingerprint density at radius 2 is 1.84 bits per heavy atom. The lowest BCUT2D eigenvalue weighted by Gasteiger charge is -2.38. The first kappa shape index (κ1) is 24.4. The Labute approximate surface area is 195 Å². The van der Waals surface area contributed by atoms with Crippen LogP contribution in [0.4, 0.5) is 4.39 Å².